The first kappa shape index (κ1) is 19.1. The highest BCUT2D eigenvalue weighted by atomic mass is 16.2. The van der Waals surface area contributed by atoms with E-state index in [-0.39, 0.29) is 12.5 Å². The number of nitrogens with one attached hydrogen (secondary N) is 1. The Kier molecular flexibility index (Phi) is 6.10. The fourth-order valence-corrected chi connectivity index (χ4v) is 3.74. The third kappa shape index (κ3) is 4.96. The van der Waals surface area contributed by atoms with Crippen LogP contribution in [0.4, 0.5) is 17.1 Å². The highest BCUT2D eigenvalue weighted by molar-refractivity contribution is 5.96. The van der Waals surface area contributed by atoms with Gasteiger partial charge in [0.2, 0.25) is 5.91 Å². The molecule has 1 aliphatic heterocycles. The van der Waals surface area contributed by atoms with E-state index in [4.69, 9.17) is 0 Å². The van der Waals surface area contributed by atoms with Crippen molar-refractivity contribution in [2.75, 3.05) is 34.8 Å². The van der Waals surface area contributed by atoms with Gasteiger partial charge in [-0.25, -0.2) is 0 Å². The molecule has 0 bridgehead atoms. The lowest BCUT2D eigenvalue weighted by atomic mass is 10.2. The van der Waals surface area contributed by atoms with Crippen LogP contribution in [0.2, 0.25) is 0 Å². The van der Waals surface area contributed by atoms with Crippen LogP contribution in [0, 0.1) is 0 Å². The Bertz CT molecular complexity index is 904. The van der Waals surface area contributed by atoms with E-state index < -0.39 is 0 Å². The van der Waals surface area contributed by atoms with Gasteiger partial charge in [0.25, 0.3) is 0 Å². The van der Waals surface area contributed by atoms with Gasteiger partial charge in [0.15, 0.2) is 0 Å². The van der Waals surface area contributed by atoms with Gasteiger partial charge in [0, 0.05) is 30.2 Å². The van der Waals surface area contributed by atoms with Crippen LogP contribution in [-0.4, -0.2) is 25.5 Å². The van der Waals surface area contributed by atoms with Gasteiger partial charge < -0.3 is 15.1 Å². The molecule has 1 aliphatic rings. The van der Waals surface area contributed by atoms with Gasteiger partial charge in [-0.15, -0.1) is 0 Å². The molecule has 1 fully saturated rings. The normalized spacial score (nSPS) is 13.3. The zero-order valence-electron chi connectivity index (χ0n) is 16.6. The highest BCUT2D eigenvalue weighted by Gasteiger charge is 2.16. The number of rotatable bonds is 7. The van der Waals surface area contributed by atoms with Crippen LogP contribution >= 0.6 is 0 Å². The Hall–Kier alpha value is -3.27. The van der Waals surface area contributed by atoms with Gasteiger partial charge in [0.05, 0.1) is 13.1 Å². The number of carbonyl (C=O) groups excluding carboxylic acids is 1. The van der Waals surface area contributed by atoms with E-state index in [9.17, 15) is 4.79 Å². The number of anilines is 3. The summed E-state index contributed by atoms with van der Waals surface area (Å²) in [5, 5.41) is 3.29. The summed E-state index contributed by atoms with van der Waals surface area (Å²) in [7, 11) is 0. The summed E-state index contributed by atoms with van der Waals surface area (Å²) >= 11 is 0. The third-order valence-electron chi connectivity index (χ3n) is 5.33. The Morgan fingerprint density at radius 3 is 2.10 bits per heavy atom. The summed E-state index contributed by atoms with van der Waals surface area (Å²) in [4.78, 5) is 17.3. The van der Waals surface area contributed by atoms with Crippen LogP contribution in [0.25, 0.3) is 0 Å². The first-order valence-corrected chi connectivity index (χ1v) is 10.3. The molecule has 4 rings (SSSR count). The van der Waals surface area contributed by atoms with E-state index in [1.165, 1.54) is 18.5 Å². The predicted molar refractivity (Wildman–Crippen MR) is 120 cm³/mol. The van der Waals surface area contributed by atoms with Crippen molar-refractivity contribution in [2.45, 2.75) is 19.4 Å². The number of para-hydroxylation sites is 1. The number of hydrogen-bond acceptors (Lipinski definition) is 3. The summed E-state index contributed by atoms with van der Waals surface area (Å²) in [6.07, 6.45) is 2.54. The topological polar surface area (TPSA) is 35.6 Å². The van der Waals surface area contributed by atoms with Crippen molar-refractivity contribution in [1.29, 1.82) is 0 Å². The molecule has 4 heteroatoms. The molecule has 0 aliphatic carbocycles. The molecule has 3 aromatic carbocycles. The van der Waals surface area contributed by atoms with E-state index in [1.54, 1.807) is 0 Å². The van der Waals surface area contributed by atoms with Gasteiger partial charge >= 0.3 is 0 Å². The average Bonchev–Trinajstić information content (AvgIpc) is 3.32. The molecule has 148 valence electrons. The second kappa shape index (κ2) is 9.28. The van der Waals surface area contributed by atoms with Crippen LogP contribution in [0.1, 0.15) is 18.4 Å². The predicted octanol–water partition coefficient (Wildman–Crippen LogP) is 4.93. The summed E-state index contributed by atoms with van der Waals surface area (Å²) in [6.45, 7) is 3.08. The molecule has 3 aromatic rings. The van der Waals surface area contributed by atoms with E-state index in [1.807, 2.05) is 65.6 Å². The van der Waals surface area contributed by atoms with Crippen LogP contribution in [0.5, 0.6) is 0 Å². The van der Waals surface area contributed by atoms with Crippen LogP contribution in [0.3, 0.4) is 0 Å². The molecule has 0 unspecified atom stereocenters. The lowest BCUT2D eigenvalue weighted by Crippen LogP contribution is -2.35. The summed E-state index contributed by atoms with van der Waals surface area (Å²) in [5.74, 6) is 0.0451. The largest absolute Gasteiger partial charge is 0.376 e. The van der Waals surface area contributed by atoms with Gasteiger partial charge in [0.1, 0.15) is 0 Å². The minimum absolute atomic E-state index is 0.0451. The second-order valence-electron chi connectivity index (χ2n) is 7.40. The molecule has 1 saturated heterocycles. The molecule has 1 amide bonds. The molecule has 0 atom stereocenters. The number of amides is 1. The van der Waals surface area contributed by atoms with Crippen LogP contribution < -0.4 is 15.1 Å². The highest BCUT2D eigenvalue weighted by Crippen LogP contribution is 2.22. The maximum Gasteiger partial charge on any atom is 0.246 e. The second-order valence-corrected chi connectivity index (χ2v) is 7.40. The number of benzene rings is 3. The smallest absolute Gasteiger partial charge is 0.246 e. The fourth-order valence-electron chi connectivity index (χ4n) is 3.74. The van der Waals surface area contributed by atoms with E-state index in [2.05, 4.69) is 34.5 Å². The molecule has 1 N–H and O–H groups in total. The van der Waals surface area contributed by atoms with Gasteiger partial charge in [-0.2, -0.15) is 0 Å². The summed E-state index contributed by atoms with van der Waals surface area (Å²) < 4.78 is 0. The zero-order valence-corrected chi connectivity index (χ0v) is 16.6. The summed E-state index contributed by atoms with van der Waals surface area (Å²) in [5.41, 5.74) is 4.25. The molecule has 29 heavy (non-hydrogen) atoms. The minimum Gasteiger partial charge on any atom is -0.376 e. The molecule has 0 radical (unpaired) electrons. The number of nitrogens with zero attached hydrogens (tertiary/aromatic N) is 2. The Morgan fingerprint density at radius 1 is 0.828 bits per heavy atom. The SMILES string of the molecule is O=C(CNc1ccc(N2CCCC2)cc1)N(Cc1ccccc1)c1ccccc1. The molecular formula is C25H27N3O. The van der Waals surface area contributed by atoms with Crippen molar-refractivity contribution in [3.8, 4) is 0 Å². The summed E-state index contributed by atoms with van der Waals surface area (Å²) in [6, 6.07) is 28.3. The van der Waals surface area contributed by atoms with Crippen LogP contribution in [-0.2, 0) is 11.3 Å². The van der Waals surface area contributed by atoms with Crippen molar-refractivity contribution >= 4 is 23.0 Å². The Balaban J connectivity index is 1.42. The Morgan fingerprint density at radius 2 is 1.45 bits per heavy atom. The minimum atomic E-state index is 0.0451. The van der Waals surface area contributed by atoms with E-state index >= 15 is 0 Å². The molecular weight excluding hydrogens is 358 g/mol. The third-order valence-corrected chi connectivity index (χ3v) is 5.33. The van der Waals surface area contributed by atoms with Crippen molar-refractivity contribution in [1.82, 2.24) is 0 Å². The van der Waals surface area contributed by atoms with Crippen molar-refractivity contribution in [3.63, 3.8) is 0 Å². The Labute approximate surface area is 172 Å². The van der Waals surface area contributed by atoms with E-state index in [0.717, 1.165) is 30.0 Å². The molecule has 0 aromatic heterocycles. The quantitative estimate of drug-likeness (QED) is 0.626. The maximum absolute atomic E-state index is 13.1. The monoisotopic (exact) mass is 385 g/mol. The standard InChI is InChI=1S/C25H27N3O/c29-25(19-26-22-13-15-23(16-14-22)27-17-7-8-18-27)28(24-11-5-2-6-12-24)20-21-9-3-1-4-10-21/h1-6,9-16,26H,7-8,17-20H2. The maximum atomic E-state index is 13.1. The average molecular weight is 386 g/mol. The van der Waals surface area contributed by atoms with Gasteiger partial charge in [-0.3, -0.25) is 4.79 Å². The van der Waals surface area contributed by atoms with Crippen molar-refractivity contribution < 1.29 is 4.79 Å². The molecule has 0 saturated carbocycles. The number of carbonyl (C=O) groups is 1. The van der Waals surface area contributed by atoms with Gasteiger partial charge in [-0.05, 0) is 54.8 Å². The van der Waals surface area contributed by atoms with E-state index in [0.29, 0.717) is 6.54 Å². The molecule has 4 nitrogen and oxygen atoms in total. The molecule has 0 spiro atoms. The van der Waals surface area contributed by atoms with Crippen molar-refractivity contribution in [2.24, 2.45) is 0 Å². The number of hydrogen-bond donors (Lipinski definition) is 1. The molecule has 1 heterocycles. The van der Waals surface area contributed by atoms with Crippen LogP contribution in [0.15, 0.2) is 84.9 Å². The van der Waals surface area contributed by atoms with Gasteiger partial charge in [-0.1, -0.05) is 48.5 Å². The lowest BCUT2D eigenvalue weighted by Gasteiger charge is -2.24. The zero-order chi connectivity index (χ0) is 19.9. The lowest BCUT2D eigenvalue weighted by molar-refractivity contribution is -0.117. The first-order chi connectivity index (χ1) is 14.3. The first-order valence-electron chi connectivity index (χ1n) is 10.3. The van der Waals surface area contributed by atoms with Crippen molar-refractivity contribution in [3.05, 3.63) is 90.5 Å². The fraction of sp³-hybridized carbons (Fsp3) is 0.240.